The van der Waals surface area contributed by atoms with Crippen LogP contribution in [0.2, 0.25) is 0 Å². The van der Waals surface area contributed by atoms with Gasteiger partial charge in [0.05, 0.1) is 6.61 Å². The first-order valence-electron chi connectivity index (χ1n) is 7.03. The second-order valence-electron chi connectivity index (χ2n) is 4.99. The second kappa shape index (κ2) is 8.28. The Morgan fingerprint density at radius 3 is 2.61 bits per heavy atom. The van der Waals surface area contributed by atoms with Crippen molar-refractivity contribution in [1.29, 1.82) is 0 Å². The van der Waals surface area contributed by atoms with Gasteiger partial charge in [-0.15, -0.1) is 0 Å². The minimum absolute atomic E-state index is 0.388. The van der Waals surface area contributed by atoms with Crippen molar-refractivity contribution < 1.29 is 4.74 Å². The van der Waals surface area contributed by atoms with Crippen LogP contribution in [-0.4, -0.2) is 19.8 Å². The van der Waals surface area contributed by atoms with E-state index in [0.29, 0.717) is 6.04 Å². The van der Waals surface area contributed by atoms with Crippen LogP contribution < -0.4 is 5.32 Å². The van der Waals surface area contributed by atoms with Gasteiger partial charge in [-0.1, -0.05) is 31.5 Å². The molecule has 2 heteroatoms. The highest BCUT2D eigenvalue weighted by Gasteiger charge is 2.05. The van der Waals surface area contributed by atoms with E-state index >= 15 is 0 Å². The third kappa shape index (κ3) is 5.19. The van der Waals surface area contributed by atoms with Crippen LogP contribution >= 0.6 is 0 Å². The van der Waals surface area contributed by atoms with Gasteiger partial charge in [-0.05, 0) is 43.9 Å². The van der Waals surface area contributed by atoms with Crippen molar-refractivity contribution in [2.75, 3.05) is 19.8 Å². The Morgan fingerprint density at radius 1 is 1.17 bits per heavy atom. The Bertz CT molecular complexity index is 349. The fourth-order valence-corrected chi connectivity index (χ4v) is 1.85. The van der Waals surface area contributed by atoms with Gasteiger partial charge in [-0.25, -0.2) is 0 Å². The molecule has 0 aliphatic rings. The van der Waals surface area contributed by atoms with Crippen molar-refractivity contribution in [3.05, 3.63) is 34.9 Å². The molecular formula is C16H27NO. The molecule has 0 heterocycles. The van der Waals surface area contributed by atoms with Crippen molar-refractivity contribution in [3.8, 4) is 0 Å². The van der Waals surface area contributed by atoms with E-state index in [4.69, 9.17) is 4.74 Å². The summed E-state index contributed by atoms with van der Waals surface area (Å²) in [4.78, 5) is 0. The van der Waals surface area contributed by atoms with E-state index in [1.807, 2.05) is 0 Å². The Hall–Kier alpha value is -0.860. The lowest BCUT2D eigenvalue weighted by Crippen LogP contribution is -2.23. The number of rotatable bonds is 8. The molecule has 0 aliphatic heterocycles. The van der Waals surface area contributed by atoms with Crippen molar-refractivity contribution >= 4 is 0 Å². The third-order valence-electron chi connectivity index (χ3n) is 3.37. The zero-order valence-electron chi connectivity index (χ0n) is 12.3. The predicted molar refractivity (Wildman–Crippen MR) is 78.1 cm³/mol. The van der Waals surface area contributed by atoms with E-state index in [9.17, 15) is 0 Å². The predicted octanol–water partition coefficient (Wildman–Crippen LogP) is 3.77. The molecule has 1 N–H and O–H groups in total. The number of nitrogens with one attached hydrogen (secondary N) is 1. The third-order valence-corrected chi connectivity index (χ3v) is 3.37. The van der Waals surface area contributed by atoms with Gasteiger partial charge in [-0.3, -0.25) is 0 Å². The lowest BCUT2D eigenvalue weighted by molar-refractivity contribution is 0.131. The van der Waals surface area contributed by atoms with Gasteiger partial charge in [0.2, 0.25) is 0 Å². The highest BCUT2D eigenvalue weighted by atomic mass is 16.5. The van der Waals surface area contributed by atoms with E-state index in [-0.39, 0.29) is 0 Å². The van der Waals surface area contributed by atoms with Crippen LogP contribution in [-0.2, 0) is 4.74 Å². The highest BCUT2D eigenvalue weighted by molar-refractivity contribution is 5.31. The number of benzene rings is 1. The van der Waals surface area contributed by atoms with E-state index in [1.54, 1.807) is 0 Å². The lowest BCUT2D eigenvalue weighted by atomic mass is 10.0. The largest absolute Gasteiger partial charge is 0.380 e. The van der Waals surface area contributed by atoms with Gasteiger partial charge < -0.3 is 10.1 Å². The number of unbranched alkanes of at least 4 members (excludes halogenated alkanes) is 1. The van der Waals surface area contributed by atoms with E-state index in [2.05, 4.69) is 51.2 Å². The first kappa shape index (κ1) is 15.2. The normalized spacial score (nSPS) is 12.7. The Morgan fingerprint density at radius 2 is 1.94 bits per heavy atom. The fourth-order valence-electron chi connectivity index (χ4n) is 1.85. The first-order chi connectivity index (χ1) is 8.65. The van der Waals surface area contributed by atoms with Gasteiger partial charge in [0.1, 0.15) is 0 Å². The molecule has 1 aromatic rings. The minimum atomic E-state index is 0.388. The van der Waals surface area contributed by atoms with Crippen molar-refractivity contribution in [2.24, 2.45) is 0 Å². The Labute approximate surface area is 112 Å². The molecule has 18 heavy (non-hydrogen) atoms. The number of hydrogen-bond donors (Lipinski definition) is 1. The summed E-state index contributed by atoms with van der Waals surface area (Å²) in [6.45, 7) is 11.3. The molecule has 102 valence electrons. The molecule has 1 unspecified atom stereocenters. The molecule has 0 fully saturated rings. The van der Waals surface area contributed by atoms with Crippen LogP contribution in [0.25, 0.3) is 0 Å². The summed E-state index contributed by atoms with van der Waals surface area (Å²) < 4.78 is 5.54. The first-order valence-corrected chi connectivity index (χ1v) is 7.03. The van der Waals surface area contributed by atoms with Gasteiger partial charge in [0, 0.05) is 19.2 Å². The maximum Gasteiger partial charge on any atom is 0.0591 e. The van der Waals surface area contributed by atoms with Crippen LogP contribution in [0, 0.1) is 13.8 Å². The summed E-state index contributed by atoms with van der Waals surface area (Å²) in [5.41, 5.74) is 4.07. The van der Waals surface area contributed by atoms with Crippen LogP contribution in [0.15, 0.2) is 18.2 Å². The summed E-state index contributed by atoms with van der Waals surface area (Å²) in [6, 6.07) is 7.06. The smallest absolute Gasteiger partial charge is 0.0591 e. The summed E-state index contributed by atoms with van der Waals surface area (Å²) in [7, 11) is 0. The van der Waals surface area contributed by atoms with Gasteiger partial charge in [0.25, 0.3) is 0 Å². The molecule has 0 bridgehead atoms. The van der Waals surface area contributed by atoms with E-state index in [1.165, 1.54) is 23.1 Å². The quantitative estimate of drug-likeness (QED) is 0.708. The summed E-state index contributed by atoms with van der Waals surface area (Å²) in [5.74, 6) is 0. The van der Waals surface area contributed by atoms with Crippen molar-refractivity contribution in [3.63, 3.8) is 0 Å². The minimum Gasteiger partial charge on any atom is -0.380 e. The molecule has 0 aromatic heterocycles. The number of hydrogen-bond acceptors (Lipinski definition) is 2. The summed E-state index contributed by atoms with van der Waals surface area (Å²) in [5, 5.41) is 3.50. The maximum atomic E-state index is 5.54. The van der Waals surface area contributed by atoms with Gasteiger partial charge in [0.15, 0.2) is 0 Å². The average Bonchev–Trinajstić information content (AvgIpc) is 2.36. The molecule has 0 saturated carbocycles. The van der Waals surface area contributed by atoms with E-state index < -0.39 is 0 Å². The average molecular weight is 249 g/mol. The molecule has 1 rings (SSSR count). The monoisotopic (exact) mass is 249 g/mol. The molecule has 0 aliphatic carbocycles. The zero-order valence-corrected chi connectivity index (χ0v) is 12.3. The van der Waals surface area contributed by atoms with Crippen LogP contribution in [0.3, 0.4) is 0 Å². The Kier molecular flexibility index (Phi) is 6.99. The maximum absolute atomic E-state index is 5.54. The molecule has 1 aromatic carbocycles. The zero-order chi connectivity index (χ0) is 13.4. The van der Waals surface area contributed by atoms with Crippen LogP contribution in [0.5, 0.6) is 0 Å². The highest BCUT2D eigenvalue weighted by Crippen LogP contribution is 2.16. The molecule has 0 amide bonds. The Balaban J connectivity index is 2.27. The van der Waals surface area contributed by atoms with Crippen molar-refractivity contribution in [2.45, 2.75) is 46.6 Å². The summed E-state index contributed by atoms with van der Waals surface area (Å²) in [6.07, 6.45) is 2.36. The molecule has 0 spiro atoms. The number of ether oxygens (including phenoxy) is 1. The van der Waals surface area contributed by atoms with Crippen LogP contribution in [0.1, 0.15) is 49.4 Å². The fraction of sp³-hybridized carbons (Fsp3) is 0.625. The second-order valence-corrected chi connectivity index (χ2v) is 4.99. The SMILES string of the molecule is CCCCOCCNC(C)c1ccc(C)c(C)c1. The van der Waals surface area contributed by atoms with E-state index in [0.717, 1.165) is 26.2 Å². The molecule has 2 nitrogen and oxygen atoms in total. The van der Waals surface area contributed by atoms with Gasteiger partial charge >= 0.3 is 0 Å². The summed E-state index contributed by atoms with van der Waals surface area (Å²) >= 11 is 0. The standard InChI is InChI=1S/C16H27NO/c1-5-6-10-18-11-9-17-15(4)16-8-7-13(2)14(3)12-16/h7-8,12,15,17H,5-6,9-11H2,1-4H3. The molecule has 0 saturated heterocycles. The number of aryl methyl sites for hydroxylation is 2. The topological polar surface area (TPSA) is 21.3 Å². The van der Waals surface area contributed by atoms with Gasteiger partial charge in [-0.2, -0.15) is 0 Å². The lowest BCUT2D eigenvalue weighted by Gasteiger charge is -2.15. The molecule has 1 atom stereocenters. The molecular weight excluding hydrogens is 222 g/mol. The molecule has 0 radical (unpaired) electrons. The van der Waals surface area contributed by atoms with Crippen molar-refractivity contribution in [1.82, 2.24) is 5.32 Å². The van der Waals surface area contributed by atoms with Crippen LogP contribution in [0.4, 0.5) is 0 Å².